The Morgan fingerprint density at radius 2 is 2.13 bits per heavy atom. The Labute approximate surface area is 134 Å². The zero-order chi connectivity index (χ0) is 16.1. The number of aryl methyl sites for hydroxylation is 1. The number of benzene rings is 1. The summed E-state index contributed by atoms with van der Waals surface area (Å²) >= 11 is 0. The monoisotopic (exact) mass is 310 g/mol. The van der Waals surface area contributed by atoms with Crippen molar-refractivity contribution in [1.29, 1.82) is 0 Å². The fourth-order valence-electron chi connectivity index (χ4n) is 2.35. The van der Waals surface area contributed by atoms with Gasteiger partial charge in [-0.25, -0.2) is 9.67 Å². The van der Waals surface area contributed by atoms with Crippen LogP contribution < -0.4 is 5.32 Å². The highest BCUT2D eigenvalue weighted by atomic mass is 16.3. The van der Waals surface area contributed by atoms with Crippen LogP contribution in [0.5, 0.6) is 0 Å². The summed E-state index contributed by atoms with van der Waals surface area (Å²) in [4.78, 5) is 15.9. The lowest BCUT2D eigenvalue weighted by Gasteiger charge is -2.14. The van der Waals surface area contributed by atoms with Crippen molar-refractivity contribution in [3.8, 4) is 5.69 Å². The molecule has 118 valence electrons. The highest BCUT2D eigenvalue weighted by Crippen LogP contribution is 2.15. The third-order valence-corrected chi connectivity index (χ3v) is 3.63. The number of hydrogen-bond acceptors (Lipinski definition) is 4. The van der Waals surface area contributed by atoms with Crippen LogP contribution in [0.1, 0.15) is 30.7 Å². The minimum Gasteiger partial charge on any atom is -0.469 e. The van der Waals surface area contributed by atoms with Crippen LogP contribution in [0, 0.1) is 0 Å². The van der Waals surface area contributed by atoms with Crippen LogP contribution in [0.25, 0.3) is 5.69 Å². The van der Waals surface area contributed by atoms with Crippen molar-refractivity contribution in [3.05, 3.63) is 66.6 Å². The van der Waals surface area contributed by atoms with Crippen molar-refractivity contribution >= 4 is 5.91 Å². The number of nitrogens with zero attached hydrogens (tertiary/aromatic N) is 3. The standard InChI is InChI=1S/C17H18N4O2/c1-13(20-17(22)9-8-16-3-2-10-23-16)14-4-6-15(7-5-14)21-12-18-11-19-21/h2-7,10-13H,8-9H2,1H3,(H,20,22)/t13-/m0/s1. The second kappa shape index (κ2) is 6.91. The molecule has 2 aromatic heterocycles. The van der Waals surface area contributed by atoms with Crippen molar-refractivity contribution in [3.63, 3.8) is 0 Å². The van der Waals surface area contributed by atoms with Crippen molar-refractivity contribution in [1.82, 2.24) is 20.1 Å². The van der Waals surface area contributed by atoms with Crippen molar-refractivity contribution in [2.45, 2.75) is 25.8 Å². The van der Waals surface area contributed by atoms with Crippen LogP contribution in [0.4, 0.5) is 0 Å². The van der Waals surface area contributed by atoms with E-state index in [1.807, 2.05) is 43.3 Å². The van der Waals surface area contributed by atoms with Crippen molar-refractivity contribution in [2.24, 2.45) is 0 Å². The van der Waals surface area contributed by atoms with Gasteiger partial charge in [-0.15, -0.1) is 0 Å². The molecule has 0 spiro atoms. The normalized spacial score (nSPS) is 12.0. The number of carbonyl (C=O) groups is 1. The van der Waals surface area contributed by atoms with E-state index in [4.69, 9.17) is 4.42 Å². The molecular weight excluding hydrogens is 292 g/mol. The van der Waals surface area contributed by atoms with E-state index < -0.39 is 0 Å². The maximum absolute atomic E-state index is 12.0. The Balaban J connectivity index is 1.55. The fraction of sp³-hybridized carbons (Fsp3) is 0.235. The Morgan fingerprint density at radius 3 is 2.78 bits per heavy atom. The molecule has 0 aliphatic heterocycles. The summed E-state index contributed by atoms with van der Waals surface area (Å²) in [6.07, 6.45) is 5.78. The smallest absolute Gasteiger partial charge is 0.220 e. The van der Waals surface area contributed by atoms with Gasteiger partial charge in [0.25, 0.3) is 0 Å². The van der Waals surface area contributed by atoms with Crippen LogP contribution >= 0.6 is 0 Å². The maximum atomic E-state index is 12.0. The molecule has 2 heterocycles. The maximum Gasteiger partial charge on any atom is 0.220 e. The highest BCUT2D eigenvalue weighted by Gasteiger charge is 2.10. The molecule has 0 unspecified atom stereocenters. The van der Waals surface area contributed by atoms with Gasteiger partial charge in [-0.3, -0.25) is 4.79 Å². The summed E-state index contributed by atoms with van der Waals surface area (Å²) in [6.45, 7) is 1.97. The molecule has 0 aliphatic rings. The lowest BCUT2D eigenvalue weighted by atomic mass is 10.1. The van der Waals surface area contributed by atoms with Crippen molar-refractivity contribution in [2.75, 3.05) is 0 Å². The predicted octanol–water partition coefficient (Wildman–Crippen LogP) is 2.67. The molecule has 3 rings (SSSR count). The SMILES string of the molecule is C[C@H](NC(=O)CCc1ccco1)c1ccc(-n2cncn2)cc1. The summed E-state index contributed by atoms with van der Waals surface area (Å²) in [5.74, 6) is 0.833. The zero-order valence-corrected chi connectivity index (χ0v) is 12.8. The number of rotatable bonds is 6. The quantitative estimate of drug-likeness (QED) is 0.759. The van der Waals surface area contributed by atoms with E-state index in [1.54, 1.807) is 17.3 Å². The van der Waals surface area contributed by atoms with E-state index in [0.29, 0.717) is 12.8 Å². The number of hydrogen-bond donors (Lipinski definition) is 1. The molecule has 6 nitrogen and oxygen atoms in total. The lowest BCUT2D eigenvalue weighted by Crippen LogP contribution is -2.26. The third-order valence-electron chi connectivity index (χ3n) is 3.63. The van der Waals surface area contributed by atoms with E-state index in [1.165, 1.54) is 6.33 Å². The molecule has 0 saturated carbocycles. The molecule has 23 heavy (non-hydrogen) atoms. The van der Waals surface area contributed by atoms with E-state index >= 15 is 0 Å². The first-order valence-electron chi connectivity index (χ1n) is 7.49. The minimum atomic E-state index is -0.0519. The van der Waals surface area contributed by atoms with Gasteiger partial charge in [0.1, 0.15) is 18.4 Å². The van der Waals surface area contributed by atoms with Crippen molar-refractivity contribution < 1.29 is 9.21 Å². The van der Waals surface area contributed by atoms with Gasteiger partial charge in [0, 0.05) is 12.8 Å². The molecule has 0 bridgehead atoms. The Hall–Kier alpha value is -2.89. The highest BCUT2D eigenvalue weighted by molar-refractivity contribution is 5.76. The molecule has 1 aromatic carbocycles. The number of nitrogens with one attached hydrogen (secondary N) is 1. The predicted molar refractivity (Wildman–Crippen MR) is 84.9 cm³/mol. The van der Waals surface area contributed by atoms with Gasteiger partial charge < -0.3 is 9.73 Å². The van der Waals surface area contributed by atoms with Gasteiger partial charge in [0.2, 0.25) is 5.91 Å². The third kappa shape index (κ3) is 3.85. The number of aromatic nitrogens is 3. The molecule has 0 fully saturated rings. The van der Waals surface area contributed by atoms with Gasteiger partial charge >= 0.3 is 0 Å². The molecule has 1 atom stereocenters. The number of carbonyl (C=O) groups excluding carboxylic acids is 1. The number of amides is 1. The molecule has 6 heteroatoms. The first-order valence-corrected chi connectivity index (χ1v) is 7.49. The molecule has 0 radical (unpaired) electrons. The molecule has 0 aliphatic carbocycles. The molecule has 1 amide bonds. The van der Waals surface area contributed by atoms with E-state index in [2.05, 4.69) is 15.4 Å². The average molecular weight is 310 g/mol. The van der Waals surface area contributed by atoms with E-state index in [0.717, 1.165) is 17.0 Å². The summed E-state index contributed by atoms with van der Waals surface area (Å²) in [5, 5.41) is 7.08. The Kier molecular flexibility index (Phi) is 4.52. The molecule has 0 saturated heterocycles. The first-order chi connectivity index (χ1) is 11.2. The zero-order valence-electron chi connectivity index (χ0n) is 12.8. The van der Waals surface area contributed by atoms with Gasteiger partial charge in [0.05, 0.1) is 18.0 Å². The topological polar surface area (TPSA) is 73.0 Å². The Bertz CT molecular complexity index is 734. The first kappa shape index (κ1) is 15.0. The van der Waals surface area contributed by atoms with Gasteiger partial charge in [-0.2, -0.15) is 5.10 Å². The van der Waals surface area contributed by atoms with Crippen LogP contribution in [0.15, 0.2) is 59.7 Å². The summed E-state index contributed by atoms with van der Waals surface area (Å²) in [6, 6.07) is 11.5. The van der Waals surface area contributed by atoms with Crippen LogP contribution in [0.2, 0.25) is 0 Å². The van der Waals surface area contributed by atoms with Crippen LogP contribution in [-0.4, -0.2) is 20.7 Å². The molecule has 1 N–H and O–H groups in total. The van der Waals surface area contributed by atoms with Crippen LogP contribution in [-0.2, 0) is 11.2 Å². The van der Waals surface area contributed by atoms with Gasteiger partial charge in [0.15, 0.2) is 0 Å². The minimum absolute atomic E-state index is 0.00857. The van der Waals surface area contributed by atoms with Crippen LogP contribution in [0.3, 0.4) is 0 Å². The average Bonchev–Trinajstić information content (AvgIpc) is 3.26. The summed E-state index contributed by atoms with van der Waals surface area (Å²) < 4.78 is 6.92. The molecular formula is C17H18N4O2. The van der Waals surface area contributed by atoms with Gasteiger partial charge in [-0.1, -0.05) is 12.1 Å². The van der Waals surface area contributed by atoms with E-state index in [9.17, 15) is 4.79 Å². The second-order valence-corrected chi connectivity index (χ2v) is 5.30. The van der Waals surface area contributed by atoms with E-state index in [-0.39, 0.29) is 11.9 Å². The summed E-state index contributed by atoms with van der Waals surface area (Å²) in [7, 11) is 0. The Morgan fingerprint density at radius 1 is 1.30 bits per heavy atom. The van der Waals surface area contributed by atoms with Gasteiger partial charge in [-0.05, 0) is 36.8 Å². The second-order valence-electron chi connectivity index (χ2n) is 5.30. The fourth-order valence-corrected chi connectivity index (χ4v) is 2.35. The molecule has 3 aromatic rings. The number of furan rings is 1. The lowest BCUT2D eigenvalue weighted by molar-refractivity contribution is -0.121. The summed E-state index contributed by atoms with van der Waals surface area (Å²) in [5.41, 5.74) is 1.97. The largest absolute Gasteiger partial charge is 0.469 e.